The molecular weight excluding hydrogens is 685 g/mol. The number of sulfonamides is 1. The van der Waals surface area contributed by atoms with Gasteiger partial charge in [-0.1, -0.05) is 60.7 Å². The first-order valence-corrected chi connectivity index (χ1v) is 19.3. The molecular formula is C38H44N6O7S. The fourth-order valence-corrected chi connectivity index (χ4v) is 8.75. The monoisotopic (exact) mass is 728 g/mol. The number of carbonyl (C=O) groups excluding carboxylic acids is 2. The number of carbonyl (C=O) groups is 2. The van der Waals surface area contributed by atoms with Crippen LogP contribution in [0.2, 0.25) is 0 Å². The first-order chi connectivity index (χ1) is 25.3. The van der Waals surface area contributed by atoms with Crippen LogP contribution in [0.3, 0.4) is 0 Å². The summed E-state index contributed by atoms with van der Waals surface area (Å²) in [5, 5.41) is 3.29. The van der Waals surface area contributed by atoms with Crippen molar-refractivity contribution in [2.45, 2.75) is 30.3 Å². The van der Waals surface area contributed by atoms with E-state index in [9.17, 15) is 22.8 Å². The number of rotatable bonds is 10. The van der Waals surface area contributed by atoms with E-state index in [0.29, 0.717) is 94.4 Å². The summed E-state index contributed by atoms with van der Waals surface area (Å²) in [4.78, 5) is 45.9. The SMILES string of the molecule is O=C(COc1cccc(Cn2c(C(=O)N3CCNCC3)c(-c3ccccc3)n(C3CCCN(S(=O)(=O)c4ccccc4)C3)c2=O)c1)N1CCOCC1. The Morgan fingerprint density at radius 2 is 1.56 bits per heavy atom. The van der Waals surface area contributed by atoms with Gasteiger partial charge in [-0.2, -0.15) is 4.31 Å². The summed E-state index contributed by atoms with van der Waals surface area (Å²) in [6.45, 7) is 4.62. The number of piperazine rings is 1. The third-order valence-electron chi connectivity index (χ3n) is 9.90. The fourth-order valence-electron chi connectivity index (χ4n) is 7.21. The second-order valence-corrected chi connectivity index (χ2v) is 15.2. The summed E-state index contributed by atoms with van der Waals surface area (Å²) < 4.78 is 43.4. The van der Waals surface area contributed by atoms with Gasteiger partial charge in [-0.05, 0) is 42.7 Å². The number of benzene rings is 3. The standard InChI is InChI=1S/C38H44N6O7S/c45-34(40-21-23-50-24-22-40)28-51-32-13-7-9-29(25-32)26-43-36(37(46)41-19-16-39-17-20-41)35(30-10-3-1-4-11-30)44(38(43)47)31-12-8-18-42(27-31)52(48,49)33-14-5-2-6-15-33/h1-7,9-11,13-15,25,31,39H,8,12,16-24,26-28H2. The zero-order valence-electron chi connectivity index (χ0n) is 29.1. The minimum Gasteiger partial charge on any atom is -0.484 e. The van der Waals surface area contributed by atoms with E-state index < -0.39 is 21.8 Å². The van der Waals surface area contributed by atoms with Gasteiger partial charge in [0.1, 0.15) is 11.4 Å². The Kier molecular flexibility index (Phi) is 10.9. The molecule has 1 atom stereocenters. The lowest BCUT2D eigenvalue weighted by molar-refractivity contribution is -0.137. The van der Waals surface area contributed by atoms with Gasteiger partial charge in [0.2, 0.25) is 10.0 Å². The van der Waals surface area contributed by atoms with Gasteiger partial charge < -0.3 is 24.6 Å². The van der Waals surface area contributed by atoms with E-state index in [-0.39, 0.29) is 42.1 Å². The molecule has 0 saturated carbocycles. The van der Waals surface area contributed by atoms with Crippen LogP contribution < -0.4 is 15.7 Å². The van der Waals surface area contributed by atoms with Crippen molar-refractivity contribution in [3.05, 3.63) is 107 Å². The smallest absolute Gasteiger partial charge is 0.329 e. The summed E-state index contributed by atoms with van der Waals surface area (Å²) in [7, 11) is -3.82. The molecule has 14 heteroatoms. The molecule has 3 aliphatic heterocycles. The van der Waals surface area contributed by atoms with Gasteiger partial charge in [-0.3, -0.25) is 18.7 Å². The third kappa shape index (κ3) is 7.56. The van der Waals surface area contributed by atoms with E-state index in [4.69, 9.17) is 9.47 Å². The lowest BCUT2D eigenvalue weighted by atomic mass is 10.0. The van der Waals surface area contributed by atoms with Crippen LogP contribution in [0.4, 0.5) is 0 Å². The summed E-state index contributed by atoms with van der Waals surface area (Å²) in [6, 6.07) is 24.4. The van der Waals surface area contributed by atoms with Gasteiger partial charge in [-0.15, -0.1) is 0 Å². The number of ether oxygens (including phenoxy) is 2. The number of hydrogen-bond donors (Lipinski definition) is 1. The van der Waals surface area contributed by atoms with Crippen LogP contribution in [-0.4, -0.2) is 116 Å². The van der Waals surface area contributed by atoms with Crippen molar-refractivity contribution < 1.29 is 27.5 Å². The second kappa shape index (κ2) is 15.9. The molecule has 3 aromatic carbocycles. The van der Waals surface area contributed by atoms with E-state index in [0.717, 1.165) is 0 Å². The van der Waals surface area contributed by atoms with Crippen LogP contribution in [-0.2, 0) is 26.1 Å². The van der Waals surface area contributed by atoms with Crippen LogP contribution in [0.25, 0.3) is 11.3 Å². The minimum atomic E-state index is -3.82. The fraction of sp³-hybridized carbons (Fsp3) is 0.395. The molecule has 52 heavy (non-hydrogen) atoms. The Labute approximate surface area is 303 Å². The quantitative estimate of drug-likeness (QED) is 0.264. The molecule has 3 fully saturated rings. The Bertz CT molecular complexity index is 2040. The zero-order chi connectivity index (χ0) is 36.1. The van der Waals surface area contributed by atoms with Gasteiger partial charge in [0.15, 0.2) is 6.61 Å². The Morgan fingerprint density at radius 3 is 2.29 bits per heavy atom. The molecule has 1 aromatic heterocycles. The average Bonchev–Trinajstić information content (AvgIpc) is 3.49. The molecule has 1 N–H and O–H groups in total. The van der Waals surface area contributed by atoms with E-state index in [1.165, 1.54) is 8.87 Å². The summed E-state index contributed by atoms with van der Waals surface area (Å²) in [5.74, 6) is 0.0809. The maximum absolute atomic E-state index is 14.9. The molecule has 2 amide bonds. The molecule has 0 aliphatic carbocycles. The molecule has 274 valence electrons. The van der Waals surface area contributed by atoms with Crippen LogP contribution in [0.15, 0.2) is 94.6 Å². The highest BCUT2D eigenvalue weighted by Gasteiger charge is 2.37. The molecule has 4 heterocycles. The zero-order valence-corrected chi connectivity index (χ0v) is 29.9. The lowest BCUT2D eigenvalue weighted by Crippen LogP contribution is -2.47. The summed E-state index contributed by atoms with van der Waals surface area (Å²) in [6.07, 6.45) is 1.11. The van der Waals surface area contributed by atoms with Crippen LogP contribution >= 0.6 is 0 Å². The van der Waals surface area contributed by atoms with Crippen LogP contribution in [0.5, 0.6) is 5.75 Å². The number of imidazole rings is 1. The Hall–Kier alpha value is -4.76. The van der Waals surface area contributed by atoms with Gasteiger partial charge >= 0.3 is 5.69 Å². The van der Waals surface area contributed by atoms with Crippen molar-refractivity contribution in [3.8, 4) is 17.0 Å². The number of amides is 2. The van der Waals surface area contributed by atoms with Crippen molar-refractivity contribution in [1.29, 1.82) is 0 Å². The van der Waals surface area contributed by atoms with Gasteiger partial charge in [0.25, 0.3) is 11.8 Å². The van der Waals surface area contributed by atoms with Gasteiger partial charge in [0.05, 0.1) is 36.4 Å². The average molecular weight is 729 g/mol. The maximum Gasteiger partial charge on any atom is 0.329 e. The van der Waals surface area contributed by atoms with E-state index in [1.807, 2.05) is 36.4 Å². The van der Waals surface area contributed by atoms with Crippen molar-refractivity contribution in [2.75, 3.05) is 72.2 Å². The molecule has 7 rings (SSSR count). The molecule has 4 aromatic rings. The lowest BCUT2D eigenvalue weighted by Gasteiger charge is -2.33. The second-order valence-electron chi connectivity index (χ2n) is 13.2. The number of nitrogens with zero attached hydrogens (tertiary/aromatic N) is 5. The topological polar surface area (TPSA) is 135 Å². The normalized spacial score (nSPS) is 18.7. The van der Waals surface area contributed by atoms with Crippen molar-refractivity contribution in [2.24, 2.45) is 0 Å². The molecule has 13 nitrogen and oxygen atoms in total. The van der Waals surface area contributed by atoms with Crippen molar-refractivity contribution in [3.63, 3.8) is 0 Å². The molecule has 1 unspecified atom stereocenters. The first kappa shape index (κ1) is 35.6. The predicted octanol–water partition coefficient (Wildman–Crippen LogP) is 2.67. The highest BCUT2D eigenvalue weighted by Crippen LogP contribution is 2.33. The Morgan fingerprint density at radius 1 is 0.846 bits per heavy atom. The van der Waals surface area contributed by atoms with Crippen molar-refractivity contribution >= 4 is 21.8 Å². The molecule has 0 radical (unpaired) electrons. The van der Waals surface area contributed by atoms with Crippen LogP contribution in [0.1, 0.15) is 34.9 Å². The molecule has 0 spiro atoms. The van der Waals surface area contributed by atoms with Gasteiger partial charge in [-0.25, -0.2) is 13.2 Å². The molecule has 0 bridgehead atoms. The molecule has 3 aliphatic rings. The van der Waals surface area contributed by atoms with E-state index in [1.54, 1.807) is 62.9 Å². The number of nitrogens with one attached hydrogen (secondary N) is 1. The maximum atomic E-state index is 14.9. The Balaban J connectivity index is 1.28. The minimum absolute atomic E-state index is 0.0617. The number of aromatic nitrogens is 2. The summed E-state index contributed by atoms with van der Waals surface area (Å²) in [5.41, 5.74) is 1.74. The van der Waals surface area contributed by atoms with E-state index in [2.05, 4.69) is 5.32 Å². The highest BCUT2D eigenvalue weighted by atomic mass is 32.2. The molecule has 3 saturated heterocycles. The third-order valence-corrected chi connectivity index (χ3v) is 11.8. The predicted molar refractivity (Wildman–Crippen MR) is 195 cm³/mol. The first-order valence-electron chi connectivity index (χ1n) is 17.8. The largest absolute Gasteiger partial charge is 0.484 e. The van der Waals surface area contributed by atoms with Crippen LogP contribution in [0, 0.1) is 0 Å². The summed E-state index contributed by atoms with van der Waals surface area (Å²) >= 11 is 0. The van der Waals surface area contributed by atoms with E-state index >= 15 is 0 Å². The highest BCUT2D eigenvalue weighted by molar-refractivity contribution is 7.89. The number of hydrogen-bond acceptors (Lipinski definition) is 8. The number of morpholine rings is 1. The number of piperidine rings is 1. The van der Waals surface area contributed by atoms with Crippen molar-refractivity contribution in [1.82, 2.24) is 28.6 Å². The van der Waals surface area contributed by atoms with Gasteiger partial charge in [0, 0.05) is 57.9 Å².